The second-order valence-electron chi connectivity index (χ2n) is 5.95. The number of anilines is 1. The second-order valence-corrected chi connectivity index (χ2v) is 5.95. The number of nitrogens with zero attached hydrogens (tertiary/aromatic N) is 8. The number of hydrogen-bond acceptors (Lipinski definition) is 6. The molecular weight excluding hydrogens is 346 g/mol. The van der Waals surface area contributed by atoms with Gasteiger partial charge in [0.15, 0.2) is 12.4 Å². The molecule has 3 aromatic heterocycles. The molecule has 0 atom stereocenters. The van der Waals surface area contributed by atoms with Crippen molar-refractivity contribution < 1.29 is 4.79 Å². The largest absolute Gasteiger partial charge is 0.318 e. The van der Waals surface area contributed by atoms with Crippen LogP contribution in [0.15, 0.2) is 48.8 Å². The van der Waals surface area contributed by atoms with Crippen molar-refractivity contribution in [3.8, 4) is 11.4 Å². The van der Waals surface area contributed by atoms with Crippen LogP contribution in [0.1, 0.15) is 16.2 Å². The van der Waals surface area contributed by atoms with Crippen molar-refractivity contribution in [1.29, 1.82) is 0 Å². The maximum absolute atomic E-state index is 12.4. The minimum Gasteiger partial charge on any atom is -0.318 e. The van der Waals surface area contributed by atoms with Crippen molar-refractivity contribution in [3.05, 3.63) is 60.2 Å². The van der Waals surface area contributed by atoms with E-state index >= 15 is 0 Å². The molecule has 0 saturated heterocycles. The SMILES string of the molecule is Cc1c(NC(=O)c2ccn(Cn3nnc(-c4ccccc4)n3)n2)cnn1C. The van der Waals surface area contributed by atoms with E-state index in [1.54, 1.807) is 27.8 Å². The molecule has 1 aromatic carbocycles. The smallest absolute Gasteiger partial charge is 0.276 e. The molecule has 0 fully saturated rings. The van der Waals surface area contributed by atoms with E-state index in [0.717, 1.165) is 11.3 Å². The Morgan fingerprint density at radius 2 is 1.96 bits per heavy atom. The van der Waals surface area contributed by atoms with Crippen molar-refractivity contribution in [1.82, 2.24) is 39.8 Å². The summed E-state index contributed by atoms with van der Waals surface area (Å²) in [6.45, 7) is 2.13. The zero-order valence-electron chi connectivity index (χ0n) is 14.8. The van der Waals surface area contributed by atoms with Gasteiger partial charge in [0.2, 0.25) is 5.82 Å². The summed E-state index contributed by atoms with van der Waals surface area (Å²) < 4.78 is 3.26. The van der Waals surface area contributed by atoms with Gasteiger partial charge in [-0.25, -0.2) is 4.68 Å². The highest BCUT2D eigenvalue weighted by Gasteiger charge is 2.13. The lowest BCUT2D eigenvalue weighted by atomic mass is 10.2. The van der Waals surface area contributed by atoms with Gasteiger partial charge in [-0.1, -0.05) is 30.3 Å². The normalized spacial score (nSPS) is 10.9. The lowest BCUT2D eigenvalue weighted by molar-refractivity contribution is 0.102. The molecule has 10 heteroatoms. The molecule has 27 heavy (non-hydrogen) atoms. The summed E-state index contributed by atoms with van der Waals surface area (Å²) in [5.74, 6) is 0.231. The topological polar surface area (TPSA) is 108 Å². The molecule has 0 radical (unpaired) electrons. The Balaban J connectivity index is 1.44. The van der Waals surface area contributed by atoms with E-state index in [2.05, 4.69) is 30.9 Å². The molecule has 136 valence electrons. The minimum absolute atomic E-state index is 0.249. The fourth-order valence-electron chi connectivity index (χ4n) is 2.50. The summed E-state index contributed by atoms with van der Waals surface area (Å²) >= 11 is 0. The monoisotopic (exact) mass is 363 g/mol. The van der Waals surface area contributed by atoms with Crippen LogP contribution in [0.25, 0.3) is 11.4 Å². The van der Waals surface area contributed by atoms with Gasteiger partial charge in [0.25, 0.3) is 5.91 Å². The number of rotatable bonds is 5. The van der Waals surface area contributed by atoms with Crippen molar-refractivity contribution in [2.24, 2.45) is 7.05 Å². The van der Waals surface area contributed by atoms with Crippen LogP contribution >= 0.6 is 0 Å². The number of aromatic nitrogens is 8. The number of hydrogen-bond donors (Lipinski definition) is 1. The molecule has 1 amide bonds. The lowest BCUT2D eigenvalue weighted by Gasteiger charge is -2.02. The molecule has 0 aliphatic carbocycles. The third-order valence-corrected chi connectivity index (χ3v) is 4.11. The van der Waals surface area contributed by atoms with Crippen molar-refractivity contribution >= 4 is 11.6 Å². The van der Waals surface area contributed by atoms with Crippen molar-refractivity contribution in [2.45, 2.75) is 13.6 Å². The van der Waals surface area contributed by atoms with Gasteiger partial charge >= 0.3 is 0 Å². The van der Waals surface area contributed by atoms with Gasteiger partial charge in [-0.15, -0.1) is 15.0 Å². The fourth-order valence-corrected chi connectivity index (χ4v) is 2.50. The first-order chi connectivity index (χ1) is 13.1. The molecule has 0 aliphatic rings. The molecule has 0 saturated carbocycles. The standard InChI is InChI=1S/C17H17N9O/c1-12-15(10-18-24(12)2)19-17(27)14-8-9-25(21-14)11-26-22-16(20-23-26)13-6-4-3-5-7-13/h3-10H,11H2,1-2H3,(H,19,27). The highest BCUT2D eigenvalue weighted by atomic mass is 16.2. The van der Waals surface area contributed by atoms with Gasteiger partial charge in [0, 0.05) is 18.8 Å². The van der Waals surface area contributed by atoms with Gasteiger partial charge in [0.1, 0.15) is 0 Å². The average Bonchev–Trinajstić information content (AvgIpc) is 3.41. The van der Waals surface area contributed by atoms with Crippen LogP contribution in [0.2, 0.25) is 0 Å². The average molecular weight is 363 g/mol. The molecule has 4 rings (SSSR count). The van der Waals surface area contributed by atoms with Crippen LogP contribution < -0.4 is 5.32 Å². The van der Waals surface area contributed by atoms with E-state index in [0.29, 0.717) is 17.2 Å². The summed E-state index contributed by atoms with van der Waals surface area (Å²) in [6.07, 6.45) is 3.30. The van der Waals surface area contributed by atoms with E-state index in [1.807, 2.05) is 44.3 Å². The number of benzene rings is 1. The molecule has 0 aliphatic heterocycles. The predicted molar refractivity (Wildman–Crippen MR) is 96.8 cm³/mol. The Labute approximate surface area is 154 Å². The number of carbonyl (C=O) groups excluding carboxylic acids is 1. The van der Waals surface area contributed by atoms with E-state index in [1.165, 1.54) is 4.80 Å². The molecule has 10 nitrogen and oxygen atoms in total. The second kappa shape index (κ2) is 6.83. The maximum atomic E-state index is 12.4. The van der Waals surface area contributed by atoms with Crippen LogP contribution in [0.4, 0.5) is 5.69 Å². The Morgan fingerprint density at radius 1 is 1.15 bits per heavy atom. The highest BCUT2D eigenvalue weighted by Crippen LogP contribution is 2.14. The van der Waals surface area contributed by atoms with Gasteiger partial charge in [-0.05, 0) is 18.2 Å². The molecule has 0 unspecified atom stereocenters. The third kappa shape index (κ3) is 3.45. The van der Waals surface area contributed by atoms with Crippen molar-refractivity contribution in [2.75, 3.05) is 5.32 Å². The first-order valence-corrected chi connectivity index (χ1v) is 8.27. The Bertz CT molecular complexity index is 1080. The zero-order valence-corrected chi connectivity index (χ0v) is 14.8. The molecule has 4 aromatic rings. The number of carbonyl (C=O) groups is 1. The summed E-state index contributed by atoms with van der Waals surface area (Å²) in [6, 6.07) is 11.2. The van der Waals surface area contributed by atoms with Crippen LogP contribution in [-0.4, -0.2) is 45.7 Å². The summed E-state index contributed by atoms with van der Waals surface area (Å²) in [5.41, 5.74) is 2.70. The van der Waals surface area contributed by atoms with E-state index in [4.69, 9.17) is 0 Å². The van der Waals surface area contributed by atoms with E-state index in [-0.39, 0.29) is 12.6 Å². The Hall–Kier alpha value is -3.82. The van der Waals surface area contributed by atoms with Gasteiger partial charge < -0.3 is 5.32 Å². The first-order valence-electron chi connectivity index (χ1n) is 8.27. The predicted octanol–water partition coefficient (Wildman–Crippen LogP) is 1.34. The lowest BCUT2D eigenvalue weighted by Crippen LogP contribution is -2.16. The molecule has 3 heterocycles. The van der Waals surface area contributed by atoms with Crippen LogP contribution in [0.5, 0.6) is 0 Å². The summed E-state index contributed by atoms with van der Waals surface area (Å²) in [5, 5.41) is 23.6. The van der Waals surface area contributed by atoms with Crippen molar-refractivity contribution in [3.63, 3.8) is 0 Å². The Kier molecular flexibility index (Phi) is 4.21. The van der Waals surface area contributed by atoms with Gasteiger partial charge in [-0.3, -0.25) is 9.48 Å². The van der Waals surface area contributed by atoms with Gasteiger partial charge in [0.05, 0.1) is 17.6 Å². The number of nitrogens with one attached hydrogen (secondary N) is 1. The summed E-state index contributed by atoms with van der Waals surface area (Å²) in [4.78, 5) is 13.8. The quantitative estimate of drug-likeness (QED) is 0.573. The zero-order chi connectivity index (χ0) is 18.8. The molecule has 0 spiro atoms. The maximum Gasteiger partial charge on any atom is 0.276 e. The molecule has 1 N–H and O–H groups in total. The Morgan fingerprint density at radius 3 is 2.70 bits per heavy atom. The van der Waals surface area contributed by atoms with E-state index < -0.39 is 0 Å². The molecule has 0 bridgehead atoms. The first kappa shape index (κ1) is 16.6. The van der Waals surface area contributed by atoms with Gasteiger partial charge in [-0.2, -0.15) is 10.2 Å². The minimum atomic E-state index is -0.304. The van der Waals surface area contributed by atoms with Crippen LogP contribution in [0, 0.1) is 6.92 Å². The number of tetrazole rings is 1. The van der Waals surface area contributed by atoms with E-state index in [9.17, 15) is 4.79 Å². The summed E-state index contributed by atoms with van der Waals surface area (Å²) in [7, 11) is 1.81. The van der Waals surface area contributed by atoms with Crippen LogP contribution in [-0.2, 0) is 13.7 Å². The molecular formula is C17H17N9O. The number of aryl methyl sites for hydroxylation is 1. The number of amides is 1. The highest BCUT2D eigenvalue weighted by molar-refractivity contribution is 6.03. The third-order valence-electron chi connectivity index (χ3n) is 4.11. The van der Waals surface area contributed by atoms with Crippen LogP contribution in [0.3, 0.4) is 0 Å². The fraction of sp³-hybridized carbons (Fsp3) is 0.176.